The number of ether oxygens (including phenoxy) is 1. The van der Waals surface area contributed by atoms with Crippen LogP contribution in [0.15, 0.2) is 72.9 Å². The summed E-state index contributed by atoms with van der Waals surface area (Å²) in [6, 6.07) is 20.4. The molecule has 0 fully saturated rings. The van der Waals surface area contributed by atoms with Crippen LogP contribution in [0.1, 0.15) is 16.8 Å². The highest BCUT2D eigenvalue weighted by atomic mass is 35.5. The number of aromatic nitrogens is 1. The van der Waals surface area contributed by atoms with E-state index in [1.165, 1.54) is 0 Å². The van der Waals surface area contributed by atoms with Crippen molar-refractivity contribution in [1.29, 1.82) is 0 Å². The molecule has 2 aromatic carbocycles. The Kier molecular flexibility index (Phi) is 3.90. The second-order valence-corrected chi connectivity index (χ2v) is 6.05. The first kappa shape index (κ1) is 15.7. The van der Waals surface area contributed by atoms with Gasteiger partial charge in [0.25, 0.3) is 11.5 Å². The summed E-state index contributed by atoms with van der Waals surface area (Å²) in [5, 5.41) is 2.91. The predicted octanol–water partition coefficient (Wildman–Crippen LogP) is 4.10. The van der Waals surface area contributed by atoms with Gasteiger partial charge in [0, 0.05) is 23.3 Å². The van der Waals surface area contributed by atoms with Crippen molar-refractivity contribution >= 4 is 23.2 Å². The average Bonchev–Trinajstić information content (AvgIpc) is 2.95. The third kappa shape index (κ3) is 2.55. The number of carbonyl (C=O) groups excluding carboxylic acids is 1. The quantitative estimate of drug-likeness (QED) is 0.721. The number of nitrogens with one attached hydrogen (secondary N) is 1. The first-order valence-corrected chi connectivity index (χ1v) is 8.44. The lowest BCUT2D eigenvalue weighted by Crippen LogP contribution is -2.42. The zero-order valence-electron chi connectivity index (χ0n) is 13.3. The summed E-state index contributed by atoms with van der Waals surface area (Å²) in [5.74, 6) is 0.676. The molecular formula is C20H15ClN2O2. The van der Waals surface area contributed by atoms with Crippen molar-refractivity contribution in [3.05, 3.63) is 89.7 Å². The number of hydrogen-bond acceptors (Lipinski definition) is 3. The second kappa shape index (κ2) is 6.22. The van der Waals surface area contributed by atoms with Gasteiger partial charge in [0.05, 0.1) is 5.69 Å². The molecule has 4 nitrogen and oxygen atoms in total. The molecule has 1 amide bonds. The van der Waals surface area contributed by atoms with Crippen LogP contribution in [0.4, 0.5) is 5.69 Å². The van der Waals surface area contributed by atoms with Crippen LogP contribution in [0.5, 0.6) is 5.75 Å². The molecule has 25 heavy (non-hydrogen) atoms. The van der Waals surface area contributed by atoms with E-state index in [-0.39, 0.29) is 5.91 Å². The van der Waals surface area contributed by atoms with E-state index in [9.17, 15) is 4.79 Å². The Hall–Kier alpha value is -2.85. The van der Waals surface area contributed by atoms with Gasteiger partial charge >= 0.3 is 0 Å². The molecule has 4 rings (SSSR count). The number of fused-ring (bicyclic) bond motifs is 1. The van der Waals surface area contributed by atoms with Crippen molar-refractivity contribution in [3.63, 3.8) is 0 Å². The summed E-state index contributed by atoms with van der Waals surface area (Å²) >= 11 is 6.00. The van der Waals surface area contributed by atoms with Crippen LogP contribution < -0.4 is 10.1 Å². The van der Waals surface area contributed by atoms with Gasteiger partial charge in [0.2, 0.25) is 0 Å². The number of benzene rings is 2. The molecule has 0 aliphatic carbocycles. The second-order valence-electron chi connectivity index (χ2n) is 5.78. The highest BCUT2D eigenvalue weighted by Crippen LogP contribution is 2.44. The van der Waals surface area contributed by atoms with Gasteiger partial charge in [-0.15, -0.1) is 11.6 Å². The van der Waals surface area contributed by atoms with Gasteiger partial charge in [-0.25, -0.2) is 0 Å². The van der Waals surface area contributed by atoms with Gasteiger partial charge in [-0.3, -0.25) is 9.78 Å². The number of amides is 1. The van der Waals surface area contributed by atoms with Crippen molar-refractivity contribution in [2.45, 2.75) is 11.5 Å². The molecule has 2 heterocycles. The minimum atomic E-state index is -1.35. The maximum Gasteiger partial charge on any atom is 0.279 e. The Morgan fingerprint density at radius 1 is 1.04 bits per heavy atom. The van der Waals surface area contributed by atoms with Gasteiger partial charge in [-0.05, 0) is 42.0 Å². The fourth-order valence-corrected chi connectivity index (χ4v) is 3.22. The van der Waals surface area contributed by atoms with Crippen molar-refractivity contribution < 1.29 is 9.53 Å². The molecule has 1 N–H and O–H groups in total. The van der Waals surface area contributed by atoms with Gasteiger partial charge in [-0.1, -0.05) is 30.3 Å². The molecule has 1 aromatic heterocycles. The van der Waals surface area contributed by atoms with E-state index >= 15 is 0 Å². The van der Waals surface area contributed by atoms with Gasteiger partial charge in [-0.2, -0.15) is 0 Å². The lowest BCUT2D eigenvalue weighted by Gasteiger charge is -2.28. The van der Waals surface area contributed by atoms with E-state index in [0.29, 0.717) is 23.0 Å². The summed E-state index contributed by atoms with van der Waals surface area (Å²) in [6.07, 6.45) is 1.65. The molecule has 1 aliphatic rings. The Morgan fingerprint density at radius 3 is 2.56 bits per heavy atom. The van der Waals surface area contributed by atoms with E-state index < -0.39 is 5.60 Å². The smallest absolute Gasteiger partial charge is 0.279 e. The number of anilines is 1. The number of para-hydroxylation sites is 1. The number of hydrogen-bond donors (Lipinski definition) is 1. The Bertz CT molecular complexity index is 915. The lowest BCUT2D eigenvalue weighted by atomic mass is 9.89. The molecule has 0 spiro atoms. The highest BCUT2D eigenvalue weighted by molar-refractivity contribution is 6.17. The molecular weight excluding hydrogens is 336 g/mol. The van der Waals surface area contributed by atoms with Crippen LogP contribution in [-0.4, -0.2) is 10.9 Å². The van der Waals surface area contributed by atoms with E-state index in [1.54, 1.807) is 12.3 Å². The van der Waals surface area contributed by atoms with Crippen LogP contribution in [0.3, 0.4) is 0 Å². The van der Waals surface area contributed by atoms with Crippen molar-refractivity contribution in [3.8, 4) is 5.75 Å². The molecule has 0 bridgehead atoms. The summed E-state index contributed by atoms with van der Waals surface area (Å²) in [4.78, 5) is 17.5. The Balaban J connectivity index is 1.95. The molecule has 1 unspecified atom stereocenters. The molecule has 0 radical (unpaired) electrons. The minimum Gasteiger partial charge on any atom is -0.466 e. The van der Waals surface area contributed by atoms with Gasteiger partial charge < -0.3 is 10.1 Å². The van der Waals surface area contributed by atoms with Crippen LogP contribution >= 0.6 is 11.6 Å². The standard InChI is InChI=1S/C20H15ClN2O2/c21-13-14-9-10-17-16(12-14)20(19(24)23-17,18-8-4-5-11-22-18)25-15-6-2-1-3-7-15/h1-12H,13H2,(H,23,24). The van der Waals surface area contributed by atoms with Crippen LogP contribution in [-0.2, 0) is 16.3 Å². The number of rotatable bonds is 4. The number of carbonyl (C=O) groups is 1. The zero-order chi connectivity index (χ0) is 17.3. The molecule has 3 aromatic rings. The van der Waals surface area contributed by atoms with E-state index in [0.717, 1.165) is 11.1 Å². The predicted molar refractivity (Wildman–Crippen MR) is 96.7 cm³/mol. The third-order valence-corrected chi connectivity index (χ3v) is 4.53. The fraction of sp³-hybridized carbons (Fsp3) is 0.100. The highest BCUT2D eigenvalue weighted by Gasteiger charge is 2.52. The third-order valence-electron chi connectivity index (χ3n) is 4.23. The van der Waals surface area contributed by atoms with E-state index in [2.05, 4.69) is 10.3 Å². The first-order chi connectivity index (χ1) is 12.2. The lowest BCUT2D eigenvalue weighted by molar-refractivity contribution is -0.127. The number of alkyl halides is 1. The minimum absolute atomic E-state index is 0.267. The summed E-state index contributed by atoms with van der Waals surface area (Å²) in [7, 11) is 0. The number of nitrogens with zero attached hydrogens (tertiary/aromatic N) is 1. The SMILES string of the molecule is O=C1Nc2ccc(CCl)cc2C1(Oc1ccccc1)c1ccccn1. The Morgan fingerprint density at radius 2 is 1.84 bits per heavy atom. The normalized spacial score (nSPS) is 18.5. The van der Waals surface area contributed by atoms with Gasteiger partial charge in [0.1, 0.15) is 5.75 Å². The maximum atomic E-state index is 13.0. The maximum absolute atomic E-state index is 13.0. The largest absolute Gasteiger partial charge is 0.466 e. The zero-order valence-corrected chi connectivity index (χ0v) is 14.0. The van der Waals surface area contributed by atoms with E-state index in [4.69, 9.17) is 16.3 Å². The first-order valence-electron chi connectivity index (χ1n) is 7.90. The number of pyridine rings is 1. The van der Waals surface area contributed by atoms with Crippen LogP contribution in [0.25, 0.3) is 0 Å². The summed E-state index contributed by atoms with van der Waals surface area (Å²) in [6.45, 7) is 0. The topological polar surface area (TPSA) is 51.2 Å². The number of halogens is 1. The monoisotopic (exact) mass is 350 g/mol. The van der Waals surface area contributed by atoms with Crippen molar-refractivity contribution in [2.24, 2.45) is 0 Å². The molecule has 1 atom stereocenters. The summed E-state index contributed by atoms with van der Waals surface area (Å²) in [5.41, 5.74) is 1.52. The fourth-order valence-electron chi connectivity index (χ4n) is 3.05. The van der Waals surface area contributed by atoms with Crippen LogP contribution in [0, 0.1) is 0 Å². The summed E-state index contributed by atoms with van der Waals surface area (Å²) < 4.78 is 6.27. The average molecular weight is 351 g/mol. The molecule has 0 saturated carbocycles. The van der Waals surface area contributed by atoms with Gasteiger partial charge in [0.15, 0.2) is 0 Å². The molecule has 1 aliphatic heterocycles. The molecule has 0 saturated heterocycles. The molecule has 5 heteroatoms. The molecule has 124 valence electrons. The van der Waals surface area contributed by atoms with Crippen molar-refractivity contribution in [2.75, 3.05) is 5.32 Å². The van der Waals surface area contributed by atoms with Crippen LogP contribution in [0.2, 0.25) is 0 Å². The Labute approximate surface area is 150 Å². The van der Waals surface area contributed by atoms with Crippen molar-refractivity contribution in [1.82, 2.24) is 4.98 Å². The van der Waals surface area contributed by atoms with E-state index in [1.807, 2.05) is 60.7 Å².